The number of piperidine rings is 1. The van der Waals surface area contributed by atoms with E-state index in [0.29, 0.717) is 12.2 Å². The molecule has 0 bridgehead atoms. The number of nitrogens with one attached hydrogen (secondary N) is 2. The van der Waals surface area contributed by atoms with Crippen LogP contribution in [0.3, 0.4) is 0 Å². The van der Waals surface area contributed by atoms with Crippen molar-refractivity contribution in [2.75, 3.05) is 20.2 Å². The molecular weight excluding hydrogens is 382 g/mol. The first kappa shape index (κ1) is 26.1. The molecule has 0 spiro atoms. The summed E-state index contributed by atoms with van der Waals surface area (Å²) >= 11 is 0. The van der Waals surface area contributed by atoms with E-state index in [0.717, 1.165) is 25.8 Å². The summed E-state index contributed by atoms with van der Waals surface area (Å²) < 4.78 is 5.07. The van der Waals surface area contributed by atoms with E-state index in [2.05, 4.69) is 10.6 Å². The molecule has 0 aromatic carbocycles. The fourth-order valence-corrected chi connectivity index (χ4v) is 3.64. The van der Waals surface area contributed by atoms with Crippen molar-refractivity contribution < 1.29 is 19.1 Å². The molecule has 0 aromatic heterocycles. The third-order valence-electron chi connectivity index (χ3n) is 5.52. The van der Waals surface area contributed by atoms with Crippen LogP contribution in [0.25, 0.3) is 0 Å². The smallest absolute Gasteiger partial charge is 0.333 e. The molecule has 1 fully saturated rings. The second kappa shape index (κ2) is 11.5. The Morgan fingerprint density at radius 1 is 1.23 bits per heavy atom. The minimum absolute atomic E-state index is 0.0830. The number of hydrogen-bond donors (Lipinski definition) is 2. The van der Waals surface area contributed by atoms with Crippen molar-refractivity contribution in [3.8, 4) is 0 Å². The maximum absolute atomic E-state index is 13.5. The molecule has 7 nitrogen and oxygen atoms in total. The van der Waals surface area contributed by atoms with Gasteiger partial charge in [0.1, 0.15) is 6.04 Å². The lowest BCUT2D eigenvalue weighted by molar-refractivity contribution is -0.141. The standard InChI is InChI=1S/C23H41N3O4/c1-9-30-22(29)16(4)14-18(15(2)3)26(8)21(28)19(23(5,6)7)25-20(27)17-12-10-11-13-24-17/h14-15,17-19,24H,9-13H2,1-8H3,(H,25,27)/b16-14+/t17?,18-,19?/m1/s1. The van der Waals surface area contributed by atoms with Crippen LogP contribution in [0.1, 0.15) is 67.7 Å². The SMILES string of the molecule is CCOC(=O)/C(C)=C/[C@H](C(C)C)N(C)C(=O)C(NC(=O)C1CCCCN1)C(C)(C)C. The van der Waals surface area contributed by atoms with Crippen molar-refractivity contribution in [3.63, 3.8) is 0 Å². The second-order valence-electron chi connectivity index (χ2n) is 9.56. The first-order valence-corrected chi connectivity index (χ1v) is 11.1. The highest BCUT2D eigenvalue weighted by Gasteiger charge is 2.38. The lowest BCUT2D eigenvalue weighted by atomic mass is 9.84. The summed E-state index contributed by atoms with van der Waals surface area (Å²) in [5.41, 5.74) is 0.00911. The number of rotatable bonds is 8. The zero-order chi connectivity index (χ0) is 23.1. The Labute approximate surface area is 182 Å². The van der Waals surface area contributed by atoms with E-state index >= 15 is 0 Å². The topological polar surface area (TPSA) is 87.7 Å². The number of esters is 1. The van der Waals surface area contributed by atoms with Crippen molar-refractivity contribution in [1.82, 2.24) is 15.5 Å². The number of carbonyl (C=O) groups excluding carboxylic acids is 3. The van der Waals surface area contributed by atoms with E-state index in [1.54, 1.807) is 31.9 Å². The van der Waals surface area contributed by atoms with Gasteiger partial charge in [-0.2, -0.15) is 0 Å². The van der Waals surface area contributed by atoms with Crippen molar-refractivity contribution in [2.24, 2.45) is 11.3 Å². The zero-order valence-corrected chi connectivity index (χ0v) is 20.0. The third-order valence-corrected chi connectivity index (χ3v) is 5.52. The monoisotopic (exact) mass is 423 g/mol. The average molecular weight is 424 g/mol. The first-order chi connectivity index (χ1) is 13.9. The van der Waals surface area contributed by atoms with Crippen molar-refractivity contribution in [2.45, 2.75) is 85.9 Å². The normalized spacial score (nSPS) is 19.8. The molecule has 0 aromatic rings. The maximum Gasteiger partial charge on any atom is 0.333 e. The lowest BCUT2D eigenvalue weighted by Gasteiger charge is -2.38. The minimum atomic E-state index is -0.670. The van der Waals surface area contributed by atoms with Crippen LogP contribution in [-0.4, -0.2) is 61.0 Å². The zero-order valence-electron chi connectivity index (χ0n) is 20.0. The van der Waals surface area contributed by atoms with E-state index in [9.17, 15) is 14.4 Å². The van der Waals surface area contributed by atoms with Gasteiger partial charge in [-0.3, -0.25) is 9.59 Å². The Morgan fingerprint density at radius 2 is 1.87 bits per heavy atom. The number of nitrogens with zero attached hydrogens (tertiary/aromatic N) is 1. The summed E-state index contributed by atoms with van der Waals surface area (Å²) in [6, 6.07) is -1.22. The third kappa shape index (κ3) is 7.42. The van der Waals surface area contributed by atoms with Crippen LogP contribution in [0, 0.1) is 11.3 Å². The molecule has 1 aliphatic heterocycles. The van der Waals surface area contributed by atoms with Crippen molar-refractivity contribution >= 4 is 17.8 Å². The molecule has 0 radical (unpaired) electrons. The van der Waals surface area contributed by atoms with Gasteiger partial charge in [-0.05, 0) is 44.6 Å². The van der Waals surface area contributed by atoms with Crippen molar-refractivity contribution in [3.05, 3.63) is 11.6 Å². The van der Waals surface area contributed by atoms with Gasteiger partial charge in [-0.25, -0.2) is 4.79 Å². The number of likely N-dealkylation sites (N-methyl/N-ethyl adjacent to an activating group) is 1. The van der Waals surface area contributed by atoms with Gasteiger partial charge in [0.15, 0.2) is 0 Å². The number of hydrogen-bond acceptors (Lipinski definition) is 5. The van der Waals surface area contributed by atoms with E-state index < -0.39 is 11.5 Å². The molecule has 2 amide bonds. The van der Waals surface area contributed by atoms with Crippen LogP contribution in [0.5, 0.6) is 0 Å². The Balaban J connectivity index is 3.06. The van der Waals surface area contributed by atoms with Crippen LogP contribution in [0.2, 0.25) is 0 Å². The molecule has 30 heavy (non-hydrogen) atoms. The Kier molecular flexibility index (Phi) is 10.0. The summed E-state index contributed by atoms with van der Waals surface area (Å²) in [4.78, 5) is 40.0. The largest absolute Gasteiger partial charge is 0.463 e. The predicted octanol–water partition coefficient (Wildman–Crippen LogP) is 2.65. The predicted molar refractivity (Wildman–Crippen MR) is 119 cm³/mol. The molecule has 1 aliphatic rings. The van der Waals surface area contributed by atoms with E-state index in [1.165, 1.54) is 0 Å². The summed E-state index contributed by atoms with van der Waals surface area (Å²) in [5, 5.41) is 6.23. The quantitative estimate of drug-likeness (QED) is 0.463. The van der Waals surface area contributed by atoms with E-state index in [4.69, 9.17) is 4.74 Å². The van der Waals surface area contributed by atoms with Gasteiger partial charge in [-0.1, -0.05) is 47.1 Å². The molecule has 3 atom stereocenters. The van der Waals surface area contributed by atoms with Crippen LogP contribution in [0.4, 0.5) is 0 Å². The molecule has 0 saturated carbocycles. The van der Waals surface area contributed by atoms with Crippen molar-refractivity contribution in [1.29, 1.82) is 0 Å². The minimum Gasteiger partial charge on any atom is -0.463 e. The number of ether oxygens (including phenoxy) is 1. The fraction of sp³-hybridized carbons (Fsp3) is 0.783. The molecule has 1 saturated heterocycles. The molecule has 172 valence electrons. The van der Waals surface area contributed by atoms with E-state index in [-0.39, 0.29) is 35.8 Å². The maximum atomic E-state index is 13.5. The summed E-state index contributed by atoms with van der Waals surface area (Å²) in [5.74, 6) is -0.596. The molecule has 7 heteroatoms. The van der Waals surface area contributed by atoms with Crippen LogP contribution in [-0.2, 0) is 19.1 Å². The average Bonchev–Trinajstić information content (AvgIpc) is 2.68. The van der Waals surface area contributed by atoms with Crippen LogP contribution < -0.4 is 10.6 Å². The first-order valence-electron chi connectivity index (χ1n) is 11.1. The fourth-order valence-electron chi connectivity index (χ4n) is 3.64. The Bertz CT molecular complexity index is 631. The van der Waals surface area contributed by atoms with Gasteiger partial charge in [0, 0.05) is 12.6 Å². The molecular formula is C23H41N3O4. The number of carbonyl (C=O) groups is 3. The molecule has 1 rings (SSSR count). The highest BCUT2D eigenvalue weighted by Crippen LogP contribution is 2.24. The Hall–Kier alpha value is -1.89. The summed E-state index contributed by atoms with van der Waals surface area (Å²) in [6.45, 7) is 14.4. The lowest BCUT2D eigenvalue weighted by Crippen LogP contribution is -2.59. The molecule has 0 aliphatic carbocycles. The van der Waals surface area contributed by atoms with Gasteiger partial charge in [-0.15, -0.1) is 0 Å². The second-order valence-corrected chi connectivity index (χ2v) is 9.56. The Morgan fingerprint density at radius 3 is 2.33 bits per heavy atom. The van der Waals surface area contributed by atoms with Gasteiger partial charge < -0.3 is 20.3 Å². The van der Waals surface area contributed by atoms with Crippen LogP contribution in [0.15, 0.2) is 11.6 Å². The highest BCUT2D eigenvalue weighted by atomic mass is 16.5. The van der Waals surface area contributed by atoms with Gasteiger partial charge >= 0.3 is 5.97 Å². The molecule has 2 N–H and O–H groups in total. The van der Waals surface area contributed by atoms with E-state index in [1.807, 2.05) is 34.6 Å². The summed E-state index contributed by atoms with van der Waals surface area (Å²) in [7, 11) is 1.73. The molecule has 2 unspecified atom stereocenters. The number of amides is 2. The van der Waals surface area contributed by atoms with Crippen LogP contribution >= 0.6 is 0 Å². The highest BCUT2D eigenvalue weighted by molar-refractivity contribution is 5.91. The van der Waals surface area contributed by atoms with Gasteiger partial charge in [0.2, 0.25) is 11.8 Å². The molecule has 1 heterocycles. The summed E-state index contributed by atoms with van der Waals surface area (Å²) in [6.07, 6.45) is 4.64. The van der Waals surface area contributed by atoms with Gasteiger partial charge in [0.05, 0.1) is 18.7 Å². The van der Waals surface area contributed by atoms with Gasteiger partial charge in [0.25, 0.3) is 0 Å².